The van der Waals surface area contributed by atoms with E-state index in [-0.39, 0.29) is 29.1 Å². The molecule has 1 aliphatic rings. The summed E-state index contributed by atoms with van der Waals surface area (Å²) in [5.41, 5.74) is 15.3. The molecule has 4 nitrogen and oxygen atoms in total. The maximum atomic E-state index is 4.50. The molecular weight excluding hydrogens is 792 g/mol. The molecule has 0 fully saturated rings. The van der Waals surface area contributed by atoms with Crippen LogP contribution < -0.4 is 20.5 Å². The molecule has 0 unspecified atom stereocenters. The molecule has 0 amide bonds. The third-order valence-corrected chi connectivity index (χ3v) is 9.91. The van der Waals surface area contributed by atoms with Crippen LogP contribution in [0, 0.1) is 0 Å². The zero-order valence-corrected chi connectivity index (χ0v) is 32.5. The van der Waals surface area contributed by atoms with Gasteiger partial charge in [0.05, 0.1) is 11.8 Å². The van der Waals surface area contributed by atoms with Crippen LogP contribution >= 0.6 is 0 Å². The van der Waals surface area contributed by atoms with Gasteiger partial charge >= 0.3 is 0 Å². The van der Waals surface area contributed by atoms with Crippen LogP contribution in [0.2, 0.25) is 0 Å². The Labute approximate surface area is 313 Å². The second-order valence-corrected chi connectivity index (χ2v) is 14.5. The van der Waals surface area contributed by atoms with Crippen LogP contribution in [0.25, 0.3) is 27.8 Å². The summed E-state index contributed by atoms with van der Waals surface area (Å²) in [5, 5.41) is 0. The summed E-state index contributed by atoms with van der Waals surface area (Å²) in [7, 11) is 0. The van der Waals surface area contributed by atoms with E-state index >= 15 is 0 Å². The van der Waals surface area contributed by atoms with Crippen molar-refractivity contribution in [1.29, 1.82) is 0 Å². The first kappa shape index (κ1) is 35.7. The minimum atomic E-state index is 0. The average Bonchev–Trinajstić information content (AvgIpc) is 3.77. The van der Waals surface area contributed by atoms with Crippen molar-refractivity contribution < 1.29 is 22.4 Å². The van der Waals surface area contributed by atoms with E-state index in [1.807, 2.05) is 36.4 Å². The van der Waals surface area contributed by atoms with Gasteiger partial charge in [0.25, 0.3) is 0 Å². The molecule has 1 radical (unpaired) electrons. The van der Waals surface area contributed by atoms with Crippen molar-refractivity contribution in [2.24, 2.45) is 0 Å². The van der Waals surface area contributed by atoms with Crippen molar-refractivity contribution >= 4 is 63.0 Å². The van der Waals surface area contributed by atoms with Gasteiger partial charge in [-0.1, -0.05) is 181 Å². The van der Waals surface area contributed by atoms with Gasteiger partial charge in [-0.05, 0) is 40.9 Å². The van der Waals surface area contributed by atoms with Crippen molar-refractivity contribution in [1.82, 2.24) is 18.9 Å². The zero-order chi connectivity index (χ0) is 34.4. The molecule has 0 atom stereocenters. The van der Waals surface area contributed by atoms with Crippen LogP contribution in [0.4, 0.5) is 11.4 Å². The standard InChI is InChI=1S/C31H38BN.C13H8N3.Au/c1-20(2)24-13-11-14-25(21(3)4)30(24)32-19-33(29-18-10-9-17-28(29)32)31-26(22(5)6)15-12-16-27(31)23(7)8;1-3-7-11-9(5-1)14-13-15-10-6-2-4-8-12(10)16(11)13;/h9-18,20-23H,1-8H3;1-8H;/q;-1;. The average molecular weight is 839 g/mol. The Hall–Kier alpha value is -4.15. The van der Waals surface area contributed by atoms with Crippen LogP contribution in [0.15, 0.2) is 109 Å². The van der Waals surface area contributed by atoms with E-state index in [9.17, 15) is 0 Å². The minimum Gasteiger partial charge on any atom is -0.366 e. The molecule has 8 rings (SSSR count). The SMILES string of the molecule is CC(C)c1cccc(C(C)C)c1B1[C-]=[N+](c2c(C(C)C)cccc2C(C)C)c2ccccc21.[Au].c1ccc2c(c1)nc1[n-]c3ccccc3n12. The number of aromatic nitrogens is 3. The normalized spacial score (nSPS) is 12.6. The predicted octanol–water partition coefficient (Wildman–Crippen LogP) is 9.72. The van der Waals surface area contributed by atoms with Crippen molar-refractivity contribution in [2.45, 2.75) is 79.1 Å². The molecule has 1 aliphatic heterocycles. The number of hydrogen-bond acceptors (Lipinski definition) is 1. The summed E-state index contributed by atoms with van der Waals surface area (Å²) in [4.78, 5) is 9.01. The largest absolute Gasteiger partial charge is 0.366 e. The number of rotatable bonds is 6. The topological polar surface area (TPSA) is 34.4 Å². The Kier molecular flexibility index (Phi) is 10.4. The van der Waals surface area contributed by atoms with Gasteiger partial charge in [0.2, 0.25) is 6.71 Å². The van der Waals surface area contributed by atoms with Crippen LogP contribution in [-0.4, -0.2) is 22.2 Å². The summed E-state index contributed by atoms with van der Waals surface area (Å²) < 4.78 is 4.50. The Morgan fingerprint density at radius 2 is 1.12 bits per heavy atom. The fraction of sp³-hybridized carbons (Fsp3) is 0.273. The summed E-state index contributed by atoms with van der Waals surface area (Å²) in [6.07, 6.45) is 4.00. The zero-order valence-electron chi connectivity index (χ0n) is 30.4. The molecule has 0 bridgehead atoms. The quantitative estimate of drug-likeness (QED) is 0.0951. The van der Waals surface area contributed by atoms with Crippen molar-refractivity contribution in [3.8, 4) is 0 Å². The predicted molar refractivity (Wildman–Crippen MR) is 211 cm³/mol. The molecule has 6 heteroatoms. The van der Waals surface area contributed by atoms with Gasteiger partial charge in [0.1, 0.15) is 5.69 Å². The van der Waals surface area contributed by atoms with Gasteiger partial charge in [-0.25, -0.2) is 0 Å². The van der Waals surface area contributed by atoms with Crippen LogP contribution in [0.5, 0.6) is 0 Å². The van der Waals surface area contributed by atoms with E-state index < -0.39 is 0 Å². The summed E-state index contributed by atoms with van der Waals surface area (Å²) >= 11 is 0. The molecule has 0 spiro atoms. The fourth-order valence-electron chi connectivity index (χ4n) is 7.50. The van der Waals surface area contributed by atoms with E-state index in [0.29, 0.717) is 23.7 Å². The Morgan fingerprint density at radius 1 is 0.600 bits per heavy atom. The van der Waals surface area contributed by atoms with E-state index in [1.54, 1.807) is 0 Å². The monoisotopic (exact) mass is 838 g/mol. The van der Waals surface area contributed by atoms with Gasteiger partial charge in [0.15, 0.2) is 0 Å². The first-order chi connectivity index (χ1) is 23.7. The molecule has 2 aromatic heterocycles. The first-order valence-corrected chi connectivity index (χ1v) is 17.8. The van der Waals surface area contributed by atoms with Crippen molar-refractivity contribution in [2.75, 3.05) is 0 Å². The van der Waals surface area contributed by atoms with Gasteiger partial charge in [0, 0.05) is 50.2 Å². The number of imidazole rings is 2. The third-order valence-electron chi connectivity index (χ3n) is 9.91. The van der Waals surface area contributed by atoms with E-state index in [4.69, 9.17) is 0 Å². The van der Waals surface area contributed by atoms with Crippen molar-refractivity contribution in [3.63, 3.8) is 0 Å². The van der Waals surface area contributed by atoms with E-state index in [2.05, 4.69) is 153 Å². The van der Waals surface area contributed by atoms with Gasteiger partial charge in [-0.15, -0.1) is 0 Å². The van der Waals surface area contributed by atoms with Gasteiger partial charge < -0.3 is 18.9 Å². The molecule has 0 saturated heterocycles. The second-order valence-electron chi connectivity index (χ2n) is 14.5. The van der Waals surface area contributed by atoms with E-state index in [0.717, 1.165) is 27.8 Å². The summed E-state index contributed by atoms with van der Waals surface area (Å²) in [6, 6.07) is 38.8. The number of fused-ring (bicyclic) bond motifs is 6. The summed E-state index contributed by atoms with van der Waals surface area (Å²) in [5.74, 6) is 2.61. The molecule has 5 aromatic carbocycles. The molecule has 7 aromatic rings. The van der Waals surface area contributed by atoms with Crippen molar-refractivity contribution in [3.05, 3.63) is 131 Å². The number of para-hydroxylation sites is 6. The molecule has 0 N–H and O–H groups in total. The molecule has 0 aliphatic carbocycles. The number of hydrogen-bond donors (Lipinski definition) is 0. The second kappa shape index (κ2) is 14.6. The molecule has 50 heavy (non-hydrogen) atoms. The van der Waals surface area contributed by atoms with Crippen LogP contribution in [0.3, 0.4) is 0 Å². The number of benzene rings is 5. The Morgan fingerprint density at radius 3 is 1.74 bits per heavy atom. The molecule has 0 saturated carbocycles. The molecule has 3 heterocycles. The van der Waals surface area contributed by atoms with E-state index in [1.165, 1.54) is 44.6 Å². The Bertz CT molecular complexity index is 2210. The first-order valence-electron chi connectivity index (χ1n) is 17.8. The maximum absolute atomic E-state index is 4.50. The van der Waals surface area contributed by atoms with Gasteiger partial charge in [-0.2, -0.15) is 0 Å². The molecular formula is C44H46AuBN4-. The maximum Gasteiger partial charge on any atom is 0.238 e. The number of nitrogens with zero attached hydrogens (tertiary/aromatic N) is 4. The third kappa shape index (κ3) is 6.32. The fourth-order valence-corrected chi connectivity index (χ4v) is 7.50. The molecule has 257 valence electrons. The van der Waals surface area contributed by atoms with Gasteiger partial charge in [-0.3, -0.25) is 0 Å². The smallest absolute Gasteiger partial charge is 0.238 e. The summed E-state index contributed by atoms with van der Waals surface area (Å²) in [6.45, 7) is 18.6. The van der Waals surface area contributed by atoms with Crippen LogP contribution in [-0.2, 0) is 22.4 Å². The minimum absolute atomic E-state index is 0. The van der Waals surface area contributed by atoms with Crippen LogP contribution in [0.1, 0.15) is 101 Å². The Balaban J connectivity index is 0.000000210.